The summed E-state index contributed by atoms with van der Waals surface area (Å²) < 4.78 is 16.9. The molecule has 0 spiro atoms. The maximum atomic E-state index is 12.9. The Labute approximate surface area is 429 Å². The highest BCUT2D eigenvalue weighted by atomic mass is 16.6. The Morgan fingerprint density at radius 2 is 0.522 bits per heavy atom. The summed E-state index contributed by atoms with van der Waals surface area (Å²) in [5, 5.41) is 0. The van der Waals surface area contributed by atoms with E-state index in [1.54, 1.807) is 0 Å². The van der Waals surface area contributed by atoms with Gasteiger partial charge in [-0.1, -0.05) is 288 Å². The molecule has 0 N–H and O–H groups in total. The van der Waals surface area contributed by atoms with Gasteiger partial charge in [0.1, 0.15) is 13.2 Å². The molecule has 0 fully saturated rings. The molecule has 6 nitrogen and oxygen atoms in total. The fraction of sp³-hybridized carbons (Fsp3) is 0.857. The summed E-state index contributed by atoms with van der Waals surface area (Å²) in [4.78, 5) is 38.2. The quantitative estimate of drug-likeness (QED) is 0.0261. The maximum absolute atomic E-state index is 12.9. The van der Waals surface area contributed by atoms with Crippen LogP contribution in [0.15, 0.2) is 36.5 Å². The van der Waals surface area contributed by atoms with Crippen molar-refractivity contribution in [1.82, 2.24) is 0 Å². The molecule has 0 saturated heterocycles. The van der Waals surface area contributed by atoms with Gasteiger partial charge >= 0.3 is 17.9 Å². The van der Waals surface area contributed by atoms with Crippen molar-refractivity contribution in [1.29, 1.82) is 0 Å². The molecule has 0 rings (SSSR count). The second-order valence-electron chi connectivity index (χ2n) is 20.6. The summed E-state index contributed by atoms with van der Waals surface area (Å²) in [5.74, 6) is -0.862. The van der Waals surface area contributed by atoms with Gasteiger partial charge in [-0.25, -0.2) is 0 Å². The third kappa shape index (κ3) is 56.4. The molecule has 1 unspecified atom stereocenters. The Hall–Kier alpha value is -2.37. The minimum atomic E-state index is -0.773. The number of carbonyl (C=O) groups excluding carboxylic acids is 3. The van der Waals surface area contributed by atoms with Crippen LogP contribution in [0, 0.1) is 0 Å². The lowest BCUT2D eigenvalue weighted by molar-refractivity contribution is -0.167. The molecule has 1 atom stereocenters. The molecular weight excluding hydrogens is 853 g/mol. The number of carbonyl (C=O) groups is 3. The zero-order valence-electron chi connectivity index (χ0n) is 46.3. The van der Waals surface area contributed by atoms with Gasteiger partial charge in [0.05, 0.1) is 0 Å². The molecule has 6 heteroatoms. The van der Waals surface area contributed by atoms with E-state index in [1.807, 2.05) is 0 Å². The highest BCUT2D eigenvalue weighted by molar-refractivity contribution is 5.71. The Morgan fingerprint density at radius 3 is 0.841 bits per heavy atom. The van der Waals surface area contributed by atoms with Gasteiger partial charge < -0.3 is 14.2 Å². The Kier molecular flexibility index (Phi) is 56.2. The molecule has 0 aromatic rings. The van der Waals surface area contributed by atoms with Crippen molar-refractivity contribution in [3.05, 3.63) is 36.5 Å². The van der Waals surface area contributed by atoms with E-state index in [9.17, 15) is 14.4 Å². The van der Waals surface area contributed by atoms with E-state index in [1.165, 1.54) is 212 Å². The molecule has 0 saturated carbocycles. The summed E-state index contributed by atoms with van der Waals surface area (Å²) in [6.45, 7) is 6.65. The lowest BCUT2D eigenvalue weighted by Gasteiger charge is -2.18. The Bertz CT molecular complexity index is 1160. The monoisotopic (exact) mass is 969 g/mol. The van der Waals surface area contributed by atoms with Gasteiger partial charge in [-0.2, -0.15) is 0 Å². The molecule has 0 radical (unpaired) electrons. The number of hydrogen-bond donors (Lipinski definition) is 0. The van der Waals surface area contributed by atoms with Crippen LogP contribution >= 0.6 is 0 Å². The van der Waals surface area contributed by atoms with Crippen LogP contribution in [0.1, 0.15) is 329 Å². The predicted molar refractivity (Wildman–Crippen MR) is 298 cm³/mol. The second-order valence-corrected chi connectivity index (χ2v) is 20.6. The Morgan fingerprint density at radius 1 is 0.290 bits per heavy atom. The van der Waals surface area contributed by atoms with Crippen LogP contribution in [0.2, 0.25) is 0 Å². The van der Waals surface area contributed by atoms with E-state index in [4.69, 9.17) is 14.2 Å². The molecule has 0 aliphatic heterocycles. The second kappa shape index (κ2) is 58.2. The van der Waals surface area contributed by atoms with Crippen LogP contribution in [0.4, 0.5) is 0 Å². The van der Waals surface area contributed by atoms with Crippen LogP contribution in [0.3, 0.4) is 0 Å². The van der Waals surface area contributed by atoms with Crippen molar-refractivity contribution in [2.75, 3.05) is 13.2 Å². The van der Waals surface area contributed by atoms with Crippen molar-refractivity contribution in [3.63, 3.8) is 0 Å². The molecular formula is C63H116O6. The van der Waals surface area contributed by atoms with Crippen LogP contribution in [0.5, 0.6) is 0 Å². The first kappa shape index (κ1) is 66.6. The molecule has 404 valence electrons. The lowest BCUT2D eigenvalue weighted by atomic mass is 10.0. The van der Waals surface area contributed by atoms with Gasteiger partial charge in [0.15, 0.2) is 6.10 Å². The highest BCUT2D eigenvalue weighted by Crippen LogP contribution is 2.17. The average Bonchev–Trinajstić information content (AvgIpc) is 3.35. The number of rotatable bonds is 56. The number of esters is 3. The third-order valence-corrected chi connectivity index (χ3v) is 13.6. The van der Waals surface area contributed by atoms with Gasteiger partial charge in [-0.05, 0) is 57.8 Å². The third-order valence-electron chi connectivity index (χ3n) is 13.6. The van der Waals surface area contributed by atoms with Crippen LogP contribution in [-0.2, 0) is 28.6 Å². The van der Waals surface area contributed by atoms with Gasteiger partial charge in [0, 0.05) is 19.3 Å². The van der Waals surface area contributed by atoms with E-state index < -0.39 is 6.10 Å². The molecule has 0 bridgehead atoms. The van der Waals surface area contributed by atoms with E-state index in [0.29, 0.717) is 19.3 Å². The van der Waals surface area contributed by atoms with Crippen LogP contribution < -0.4 is 0 Å². The van der Waals surface area contributed by atoms with Gasteiger partial charge in [-0.15, -0.1) is 0 Å². The van der Waals surface area contributed by atoms with Crippen LogP contribution in [-0.4, -0.2) is 37.2 Å². The summed E-state index contributed by atoms with van der Waals surface area (Å²) >= 11 is 0. The smallest absolute Gasteiger partial charge is 0.306 e. The van der Waals surface area contributed by atoms with E-state index >= 15 is 0 Å². The molecule has 0 amide bonds. The average molecular weight is 970 g/mol. The normalized spacial score (nSPS) is 12.2. The molecule has 0 aliphatic rings. The minimum Gasteiger partial charge on any atom is -0.462 e. The number of unbranched alkanes of at least 4 members (excludes halogenated alkanes) is 39. The summed E-state index contributed by atoms with van der Waals surface area (Å²) in [6.07, 6.45) is 69.9. The van der Waals surface area contributed by atoms with Crippen molar-refractivity contribution >= 4 is 17.9 Å². The Balaban J connectivity index is 4.33. The zero-order valence-corrected chi connectivity index (χ0v) is 46.3. The maximum Gasteiger partial charge on any atom is 0.306 e. The van der Waals surface area contributed by atoms with Crippen molar-refractivity contribution < 1.29 is 28.6 Å². The summed E-state index contributed by atoms with van der Waals surface area (Å²) in [5.41, 5.74) is 0. The van der Waals surface area contributed by atoms with Crippen molar-refractivity contribution in [3.8, 4) is 0 Å². The first-order chi connectivity index (χ1) is 34.0. The molecule has 0 aromatic carbocycles. The standard InChI is InChI=1S/C63H116O6/c1-4-7-10-13-16-19-22-25-27-29-31-33-35-38-41-44-47-50-53-56-62(65)68-59-60(58-67-61(64)55-52-49-46-43-40-37-24-21-18-15-12-9-6-3)69-63(66)57-54-51-48-45-42-39-36-34-32-30-28-26-23-20-17-14-11-8-5-2/h16,19,25,27,31,33,60H,4-15,17-18,20-24,26,28-30,32,34-59H2,1-3H3/b19-16-,27-25-,33-31-. The first-order valence-electron chi connectivity index (χ1n) is 30.5. The van der Waals surface area contributed by atoms with Crippen molar-refractivity contribution in [2.24, 2.45) is 0 Å². The number of ether oxygens (including phenoxy) is 3. The molecule has 0 aromatic heterocycles. The number of allylic oxidation sites excluding steroid dienone is 6. The first-order valence-corrected chi connectivity index (χ1v) is 30.5. The summed E-state index contributed by atoms with van der Waals surface area (Å²) in [7, 11) is 0. The van der Waals surface area contributed by atoms with Crippen molar-refractivity contribution in [2.45, 2.75) is 335 Å². The van der Waals surface area contributed by atoms with Gasteiger partial charge in [-0.3, -0.25) is 14.4 Å². The topological polar surface area (TPSA) is 78.9 Å². The lowest BCUT2D eigenvalue weighted by Crippen LogP contribution is -2.30. The summed E-state index contributed by atoms with van der Waals surface area (Å²) in [6, 6.07) is 0. The van der Waals surface area contributed by atoms with E-state index in [0.717, 1.165) is 77.0 Å². The zero-order chi connectivity index (χ0) is 50.0. The van der Waals surface area contributed by atoms with E-state index in [2.05, 4.69) is 57.2 Å². The fourth-order valence-corrected chi connectivity index (χ4v) is 9.04. The van der Waals surface area contributed by atoms with Gasteiger partial charge in [0.25, 0.3) is 0 Å². The van der Waals surface area contributed by atoms with Crippen LogP contribution in [0.25, 0.3) is 0 Å². The number of hydrogen-bond acceptors (Lipinski definition) is 6. The molecule has 0 heterocycles. The van der Waals surface area contributed by atoms with E-state index in [-0.39, 0.29) is 31.1 Å². The largest absolute Gasteiger partial charge is 0.462 e. The SMILES string of the molecule is CCCCC/C=C\C/C=C\C/C=C\CCCCCCCCC(=O)OCC(COC(=O)CCCCCCCCCCCCCCC)OC(=O)CCCCCCCCCCCCCCCCCCCCC. The van der Waals surface area contributed by atoms with Gasteiger partial charge in [0.2, 0.25) is 0 Å². The highest BCUT2D eigenvalue weighted by Gasteiger charge is 2.19. The molecule has 0 aliphatic carbocycles. The fourth-order valence-electron chi connectivity index (χ4n) is 9.04. The molecule has 69 heavy (non-hydrogen) atoms. The predicted octanol–water partition coefficient (Wildman–Crippen LogP) is 20.4. The minimum absolute atomic E-state index is 0.0712.